The van der Waals surface area contributed by atoms with Gasteiger partial charge < -0.3 is 5.32 Å². The van der Waals surface area contributed by atoms with Crippen LogP contribution in [-0.4, -0.2) is 9.13 Å². The van der Waals surface area contributed by atoms with E-state index in [1.54, 1.807) is 19.2 Å². The van der Waals surface area contributed by atoms with Crippen LogP contribution in [0.15, 0.2) is 38.3 Å². The molecule has 0 aliphatic rings. The summed E-state index contributed by atoms with van der Waals surface area (Å²) in [4.78, 5) is 23.3. The lowest BCUT2D eigenvalue weighted by Crippen LogP contribution is -2.38. The van der Waals surface area contributed by atoms with Gasteiger partial charge in [-0.25, -0.2) is 9.18 Å². The van der Waals surface area contributed by atoms with Gasteiger partial charge >= 0.3 is 5.69 Å². The SMILES string of the molecule is Cn1c(CNc2ccc(Br)c(F)c2)cc(=O)n(C)c1=O. The van der Waals surface area contributed by atoms with Crippen molar-refractivity contribution in [3.8, 4) is 0 Å². The Bertz CT molecular complexity index is 767. The van der Waals surface area contributed by atoms with Crippen molar-refractivity contribution in [1.82, 2.24) is 9.13 Å². The number of hydrogen-bond donors (Lipinski definition) is 1. The lowest BCUT2D eigenvalue weighted by Gasteiger charge is -2.11. The molecular weight excluding hydrogens is 329 g/mol. The molecular formula is C13H13BrFN3O2. The van der Waals surface area contributed by atoms with E-state index < -0.39 is 5.69 Å². The minimum absolute atomic E-state index is 0.253. The maximum atomic E-state index is 13.4. The van der Waals surface area contributed by atoms with E-state index >= 15 is 0 Å². The maximum Gasteiger partial charge on any atom is 0.330 e. The molecule has 0 amide bonds. The van der Waals surface area contributed by atoms with Gasteiger partial charge in [-0.1, -0.05) is 0 Å². The molecule has 1 aromatic carbocycles. The van der Waals surface area contributed by atoms with E-state index in [1.807, 2.05) is 0 Å². The van der Waals surface area contributed by atoms with Crippen molar-refractivity contribution in [3.63, 3.8) is 0 Å². The highest BCUT2D eigenvalue weighted by Crippen LogP contribution is 2.19. The fourth-order valence-electron chi connectivity index (χ4n) is 1.75. The quantitative estimate of drug-likeness (QED) is 0.922. The third-order valence-corrected chi connectivity index (χ3v) is 3.66. The molecule has 5 nitrogen and oxygen atoms in total. The van der Waals surface area contributed by atoms with Gasteiger partial charge in [-0.05, 0) is 34.1 Å². The zero-order chi connectivity index (χ0) is 14.9. The predicted molar refractivity (Wildman–Crippen MR) is 78.4 cm³/mol. The molecule has 0 saturated heterocycles. The van der Waals surface area contributed by atoms with Gasteiger partial charge in [0.25, 0.3) is 5.56 Å². The van der Waals surface area contributed by atoms with Crippen LogP contribution in [0.25, 0.3) is 0 Å². The third kappa shape index (κ3) is 2.82. The van der Waals surface area contributed by atoms with Gasteiger partial charge in [-0.15, -0.1) is 0 Å². The maximum absolute atomic E-state index is 13.4. The van der Waals surface area contributed by atoms with Crippen molar-refractivity contribution in [2.45, 2.75) is 6.54 Å². The van der Waals surface area contributed by atoms with E-state index in [2.05, 4.69) is 21.2 Å². The van der Waals surface area contributed by atoms with Gasteiger partial charge in [-0.3, -0.25) is 13.9 Å². The fourth-order valence-corrected chi connectivity index (χ4v) is 1.99. The topological polar surface area (TPSA) is 56.0 Å². The number of nitrogens with one attached hydrogen (secondary N) is 1. The first-order valence-corrected chi connectivity index (χ1v) is 6.64. The molecule has 0 radical (unpaired) electrons. The van der Waals surface area contributed by atoms with E-state index in [4.69, 9.17) is 0 Å². The van der Waals surface area contributed by atoms with Crippen LogP contribution in [0, 0.1) is 5.82 Å². The largest absolute Gasteiger partial charge is 0.379 e. The summed E-state index contributed by atoms with van der Waals surface area (Å²) >= 11 is 3.07. The van der Waals surface area contributed by atoms with E-state index in [1.165, 1.54) is 23.7 Å². The molecule has 0 atom stereocenters. The highest BCUT2D eigenvalue weighted by molar-refractivity contribution is 9.10. The zero-order valence-electron chi connectivity index (χ0n) is 11.0. The van der Waals surface area contributed by atoms with Crippen LogP contribution in [0.1, 0.15) is 5.69 Å². The Morgan fingerprint density at radius 3 is 2.55 bits per heavy atom. The molecule has 0 saturated carbocycles. The molecule has 0 aliphatic heterocycles. The number of aromatic nitrogens is 2. The number of benzene rings is 1. The zero-order valence-corrected chi connectivity index (χ0v) is 12.6. The Morgan fingerprint density at radius 2 is 1.90 bits per heavy atom. The van der Waals surface area contributed by atoms with Gasteiger partial charge in [0.15, 0.2) is 0 Å². The molecule has 106 valence electrons. The molecule has 2 aromatic rings. The van der Waals surface area contributed by atoms with Crippen molar-refractivity contribution in [2.24, 2.45) is 14.1 Å². The Kier molecular flexibility index (Phi) is 4.08. The highest BCUT2D eigenvalue weighted by Gasteiger charge is 2.06. The van der Waals surface area contributed by atoms with Gasteiger partial charge in [0.1, 0.15) is 5.82 Å². The van der Waals surface area contributed by atoms with Gasteiger partial charge in [-0.2, -0.15) is 0 Å². The first-order valence-electron chi connectivity index (χ1n) is 5.85. The van der Waals surface area contributed by atoms with Crippen LogP contribution < -0.4 is 16.6 Å². The molecule has 0 spiro atoms. The van der Waals surface area contributed by atoms with Gasteiger partial charge in [0.2, 0.25) is 0 Å². The number of hydrogen-bond acceptors (Lipinski definition) is 3. The summed E-state index contributed by atoms with van der Waals surface area (Å²) in [6.07, 6.45) is 0. The van der Waals surface area contributed by atoms with Crippen LogP contribution in [0.2, 0.25) is 0 Å². The van der Waals surface area contributed by atoms with Crippen molar-refractivity contribution in [1.29, 1.82) is 0 Å². The molecule has 1 N–H and O–H groups in total. The van der Waals surface area contributed by atoms with Crippen molar-refractivity contribution >= 4 is 21.6 Å². The Morgan fingerprint density at radius 1 is 1.20 bits per heavy atom. The van der Waals surface area contributed by atoms with Crippen LogP contribution in [0.5, 0.6) is 0 Å². The Hall–Kier alpha value is -1.89. The minimum atomic E-state index is -0.392. The van der Waals surface area contributed by atoms with Crippen molar-refractivity contribution in [3.05, 3.63) is 61.1 Å². The molecule has 1 aromatic heterocycles. The molecule has 2 rings (SSSR count). The monoisotopic (exact) mass is 341 g/mol. The molecule has 0 aliphatic carbocycles. The fraction of sp³-hybridized carbons (Fsp3) is 0.231. The summed E-state index contributed by atoms with van der Waals surface area (Å²) in [6, 6.07) is 6.00. The van der Waals surface area contributed by atoms with Gasteiger partial charge in [0.05, 0.1) is 11.0 Å². The average Bonchev–Trinajstić information content (AvgIpc) is 2.42. The average molecular weight is 342 g/mol. The molecule has 0 unspecified atom stereocenters. The molecule has 1 heterocycles. The van der Waals surface area contributed by atoms with E-state index in [0.717, 1.165) is 4.57 Å². The van der Waals surface area contributed by atoms with Crippen molar-refractivity contribution < 1.29 is 4.39 Å². The normalized spacial score (nSPS) is 10.6. The third-order valence-electron chi connectivity index (χ3n) is 3.02. The summed E-state index contributed by atoms with van der Waals surface area (Å²) in [5, 5.41) is 2.98. The Labute approximate surface area is 122 Å². The smallest absolute Gasteiger partial charge is 0.330 e. The van der Waals surface area contributed by atoms with E-state index in [0.29, 0.717) is 15.9 Å². The number of rotatable bonds is 3. The Balaban J connectivity index is 2.25. The molecule has 7 heteroatoms. The summed E-state index contributed by atoms with van der Waals surface area (Å²) < 4.78 is 16.2. The summed E-state index contributed by atoms with van der Waals surface area (Å²) in [5.41, 5.74) is 0.337. The summed E-state index contributed by atoms with van der Waals surface area (Å²) in [6.45, 7) is 0.253. The predicted octanol–water partition coefficient (Wildman–Crippen LogP) is 1.60. The first-order chi connectivity index (χ1) is 9.40. The standard InChI is InChI=1S/C13H13BrFN3O2/c1-17-9(6-12(19)18(2)13(17)20)7-16-8-3-4-10(14)11(15)5-8/h3-6,16H,7H2,1-2H3. The van der Waals surface area contributed by atoms with E-state index in [9.17, 15) is 14.0 Å². The second-order valence-corrected chi connectivity index (χ2v) is 5.21. The summed E-state index contributed by atoms with van der Waals surface area (Å²) in [5.74, 6) is -0.382. The van der Waals surface area contributed by atoms with E-state index in [-0.39, 0.29) is 17.9 Å². The molecule has 0 fully saturated rings. The number of halogens is 2. The second kappa shape index (κ2) is 5.62. The summed E-state index contributed by atoms with van der Waals surface area (Å²) in [7, 11) is 3.01. The highest BCUT2D eigenvalue weighted by atomic mass is 79.9. The lowest BCUT2D eigenvalue weighted by atomic mass is 10.3. The number of nitrogens with zero attached hydrogens (tertiary/aromatic N) is 2. The second-order valence-electron chi connectivity index (χ2n) is 4.36. The number of anilines is 1. The molecule has 0 bridgehead atoms. The van der Waals surface area contributed by atoms with Gasteiger partial charge in [0, 0.05) is 31.5 Å². The first kappa shape index (κ1) is 14.5. The van der Waals surface area contributed by atoms with Crippen LogP contribution in [0.3, 0.4) is 0 Å². The van der Waals surface area contributed by atoms with Crippen LogP contribution in [-0.2, 0) is 20.6 Å². The molecule has 20 heavy (non-hydrogen) atoms. The van der Waals surface area contributed by atoms with Crippen LogP contribution >= 0.6 is 15.9 Å². The van der Waals surface area contributed by atoms with Crippen molar-refractivity contribution in [2.75, 3.05) is 5.32 Å². The lowest BCUT2D eigenvalue weighted by molar-refractivity contribution is 0.621. The van der Waals surface area contributed by atoms with Crippen LogP contribution in [0.4, 0.5) is 10.1 Å². The minimum Gasteiger partial charge on any atom is -0.379 e.